The molecule has 1 atom stereocenters. The lowest BCUT2D eigenvalue weighted by Gasteiger charge is -2.15. The van der Waals surface area contributed by atoms with Crippen molar-refractivity contribution in [1.82, 2.24) is 0 Å². The van der Waals surface area contributed by atoms with E-state index >= 15 is 0 Å². The van der Waals surface area contributed by atoms with Crippen molar-refractivity contribution in [3.05, 3.63) is 64.2 Å². The van der Waals surface area contributed by atoms with E-state index in [1.54, 1.807) is 31.4 Å². The van der Waals surface area contributed by atoms with Gasteiger partial charge in [-0.1, -0.05) is 12.1 Å². The molecular weight excluding hydrogens is 270 g/mol. The van der Waals surface area contributed by atoms with Crippen LogP contribution < -0.4 is 10.1 Å². The van der Waals surface area contributed by atoms with Crippen molar-refractivity contribution < 1.29 is 9.66 Å². The van der Waals surface area contributed by atoms with E-state index in [4.69, 9.17) is 4.74 Å². The van der Waals surface area contributed by atoms with Crippen LogP contribution >= 0.6 is 0 Å². The van der Waals surface area contributed by atoms with Crippen molar-refractivity contribution in [2.24, 2.45) is 0 Å². The Morgan fingerprint density at radius 2 is 1.90 bits per heavy atom. The van der Waals surface area contributed by atoms with Crippen molar-refractivity contribution in [3.8, 4) is 11.8 Å². The van der Waals surface area contributed by atoms with Gasteiger partial charge in [-0.05, 0) is 29.8 Å². The van der Waals surface area contributed by atoms with Crippen molar-refractivity contribution >= 4 is 11.4 Å². The Kier molecular flexibility index (Phi) is 4.36. The molecular formula is C15H13N3O3. The van der Waals surface area contributed by atoms with Crippen LogP contribution in [0.1, 0.15) is 11.6 Å². The van der Waals surface area contributed by atoms with Crippen LogP contribution in [0.2, 0.25) is 0 Å². The number of nitriles is 1. The summed E-state index contributed by atoms with van der Waals surface area (Å²) in [6.07, 6.45) is 0. The fourth-order valence-corrected chi connectivity index (χ4v) is 1.90. The second-order valence-corrected chi connectivity index (χ2v) is 4.26. The highest BCUT2D eigenvalue weighted by atomic mass is 16.6. The molecule has 1 N–H and O–H groups in total. The molecule has 0 saturated heterocycles. The minimum Gasteiger partial charge on any atom is -0.495 e. The van der Waals surface area contributed by atoms with E-state index in [2.05, 4.69) is 11.4 Å². The standard InChI is InChI=1S/C15H13N3O3/c1-21-15-5-3-2-4-13(15)17-14(10-16)11-6-8-12(9-7-11)18(19)20/h2-9,14,17H,1H3. The van der Waals surface area contributed by atoms with Gasteiger partial charge in [-0.25, -0.2) is 0 Å². The van der Waals surface area contributed by atoms with E-state index in [0.29, 0.717) is 17.0 Å². The molecule has 1 unspecified atom stereocenters. The highest BCUT2D eigenvalue weighted by molar-refractivity contribution is 5.58. The van der Waals surface area contributed by atoms with E-state index in [1.807, 2.05) is 12.1 Å². The summed E-state index contributed by atoms with van der Waals surface area (Å²) in [5, 5.41) is 23.0. The van der Waals surface area contributed by atoms with Gasteiger partial charge in [0.05, 0.1) is 23.8 Å². The maximum absolute atomic E-state index is 10.6. The molecule has 0 amide bonds. The number of hydrogen-bond acceptors (Lipinski definition) is 5. The third-order valence-corrected chi connectivity index (χ3v) is 2.97. The van der Waals surface area contributed by atoms with Crippen LogP contribution in [0, 0.1) is 21.4 Å². The van der Waals surface area contributed by atoms with E-state index in [-0.39, 0.29) is 5.69 Å². The summed E-state index contributed by atoms with van der Waals surface area (Å²) in [5.41, 5.74) is 1.33. The molecule has 0 spiro atoms. The number of benzene rings is 2. The molecule has 2 rings (SSSR count). The number of nitro benzene ring substituents is 1. The predicted octanol–water partition coefficient (Wildman–Crippen LogP) is 3.28. The zero-order valence-electron chi connectivity index (χ0n) is 11.3. The van der Waals surface area contributed by atoms with Gasteiger partial charge in [-0.15, -0.1) is 0 Å². The molecule has 0 aliphatic heterocycles. The van der Waals surface area contributed by atoms with Crippen LogP contribution in [0.15, 0.2) is 48.5 Å². The van der Waals surface area contributed by atoms with E-state index in [0.717, 1.165) is 0 Å². The summed E-state index contributed by atoms with van der Waals surface area (Å²) < 4.78 is 5.22. The monoisotopic (exact) mass is 283 g/mol. The van der Waals surface area contributed by atoms with Gasteiger partial charge in [-0.2, -0.15) is 5.26 Å². The van der Waals surface area contributed by atoms with Crippen LogP contribution in [-0.2, 0) is 0 Å². The number of ether oxygens (including phenoxy) is 1. The van der Waals surface area contributed by atoms with Gasteiger partial charge in [0.15, 0.2) is 0 Å². The third kappa shape index (κ3) is 3.28. The van der Waals surface area contributed by atoms with Crippen molar-refractivity contribution in [2.75, 3.05) is 12.4 Å². The summed E-state index contributed by atoms with van der Waals surface area (Å²) in [7, 11) is 1.55. The van der Waals surface area contributed by atoms with Gasteiger partial charge in [0.2, 0.25) is 0 Å². The van der Waals surface area contributed by atoms with Crippen molar-refractivity contribution in [2.45, 2.75) is 6.04 Å². The number of hydrogen-bond donors (Lipinski definition) is 1. The molecule has 106 valence electrons. The second kappa shape index (κ2) is 6.39. The molecule has 0 aliphatic carbocycles. The molecule has 2 aromatic carbocycles. The number of para-hydroxylation sites is 2. The molecule has 0 fully saturated rings. The zero-order valence-corrected chi connectivity index (χ0v) is 11.3. The first kappa shape index (κ1) is 14.3. The fourth-order valence-electron chi connectivity index (χ4n) is 1.90. The Morgan fingerprint density at radius 3 is 2.48 bits per heavy atom. The molecule has 0 aliphatic rings. The van der Waals surface area contributed by atoms with Gasteiger partial charge in [0, 0.05) is 12.1 Å². The molecule has 0 radical (unpaired) electrons. The molecule has 6 heteroatoms. The quantitative estimate of drug-likeness (QED) is 0.672. The number of anilines is 1. The van der Waals surface area contributed by atoms with Crippen molar-refractivity contribution in [1.29, 1.82) is 5.26 Å². The largest absolute Gasteiger partial charge is 0.495 e. The number of non-ortho nitro benzene ring substituents is 1. The van der Waals surface area contributed by atoms with Gasteiger partial charge < -0.3 is 10.1 Å². The number of nitro groups is 1. The lowest BCUT2D eigenvalue weighted by Crippen LogP contribution is -2.09. The molecule has 0 saturated carbocycles. The average Bonchev–Trinajstić information content (AvgIpc) is 2.53. The normalized spacial score (nSPS) is 11.2. The first-order valence-corrected chi connectivity index (χ1v) is 6.19. The molecule has 0 heterocycles. The van der Waals surface area contributed by atoms with Gasteiger partial charge >= 0.3 is 0 Å². The predicted molar refractivity (Wildman–Crippen MR) is 78.1 cm³/mol. The topological polar surface area (TPSA) is 88.2 Å². The molecule has 0 bridgehead atoms. The Bertz CT molecular complexity index is 677. The highest BCUT2D eigenvalue weighted by Gasteiger charge is 2.14. The number of methoxy groups -OCH3 is 1. The first-order valence-electron chi connectivity index (χ1n) is 6.19. The highest BCUT2D eigenvalue weighted by Crippen LogP contribution is 2.28. The number of nitrogens with one attached hydrogen (secondary N) is 1. The Morgan fingerprint density at radius 1 is 1.24 bits per heavy atom. The maximum Gasteiger partial charge on any atom is 0.269 e. The third-order valence-electron chi connectivity index (χ3n) is 2.97. The summed E-state index contributed by atoms with van der Waals surface area (Å²) in [4.78, 5) is 10.2. The lowest BCUT2D eigenvalue weighted by molar-refractivity contribution is -0.384. The van der Waals surface area contributed by atoms with E-state index < -0.39 is 11.0 Å². The van der Waals surface area contributed by atoms with E-state index in [9.17, 15) is 15.4 Å². The fraction of sp³-hybridized carbons (Fsp3) is 0.133. The SMILES string of the molecule is COc1ccccc1NC(C#N)c1ccc([N+](=O)[O-])cc1. The minimum absolute atomic E-state index is 0.00673. The van der Waals surface area contributed by atoms with Crippen LogP contribution in [0.3, 0.4) is 0 Å². The van der Waals surface area contributed by atoms with Crippen molar-refractivity contribution in [3.63, 3.8) is 0 Å². The van der Waals surface area contributed by atoms with Crippen LogP contribution in [0.4, 0.5) is 11.4 Å². The minimum atomic E-state index is -0.623. The zero-order chi connectivity index (χ0) is 15.2. The van der Waals surface area contributed by atoms with Crippen LogP contribution in [0.5, 0.6) is 5.75 Å². The van der Waals surface area contributed by atoms with Crippen LogP contribution in [-0.4, -0.2) is 12.0 Å². The van der Waals surface area contributed by atoms with Gasteiger partial charge in [0.25, 0.3) is 5.69 Å². The molecule has 21 heavy (non-hydrogen) atoms. The molecule has 0 aromatic heterocycles. The van der Waals surface area contributed by atoms with Gasteiger partial charge in [-0.3, -0.25) is 10.1 Å². The Hall–Kier alpha value is -3.07. The summed E-state index contributed by atoms with van der Waals surface area (Å²) >= 11 is 0. The van der Waals surface area contributed by atoms with E-state index in [1.165, 1.54) is 12.1 Å². The Labute approximate surface area is 121 Å². The summed E-state index contributed by atoms with van der Waals surface area (Å²) in [6, 6.07) is 14.6. The average molecular weight is 283 g/mol. The molecule has 6 nitrogen and oxygen atoms in total. The number of rotatable bonds is 5. The van der Waals surface area contributed by atoms with Crippen LogP contribution in [0.25, 0.3) is 0 Å². The number of nitrogens with zero attached hydrogens (tertiary/aromatic N) is 2. The first-order chi connectivity index (χ1) is 10.2. The Balaban J connectivity index is 2.24. The maximum atomic E-state index is 10.6. The summed E-state index contributed by atoms with van der Waals surface area (Å²) in [5.74, 6) is 0.625. The second-order valence-electron chi connectivity index (χ2n) is 4.26. The lowest BCUT2D eigenvalue weighted by atomic mass is 10.1. The van der Waals surface area contributed by atoms with Gasteiger partial charge in [0.1, 0.15) is 11.8 Å². The molecule has 2 aromatic rings. The summed E-state index contributed by atoms with van der Waals surface area (Å²) in [6.45, 7) is 0. The smallest absolute Gasteiger partial charge is 0.269 e.